The lowest BCUT2D eigenvalue weighted by atomic mass is 9.98. The molecule has 0 aliphatic carbocycles. The van der Waals surface area contributed by atoms with Crippen LogP contribution < -0.4 is 5.73 Å². The Hall–Kier alpha value is -1.89. The molecule has 2 N–H and O–H groups in total. The average Bonchev–Trinajstić information content (AvgIpc) is 2.74. The van der Waals surface area contributed by atoms with Crippen LogP contribution in [0.25, 0.3) is 0 Å². The molecule has 7 heteroatoms. The summed E-state index contributed by atoms with van der Waals surface area (Å²) in [5.41, 5.74) is 7.47. The largest absolute Gasteiger partial charge is 0.399 e. The van der Waals surface area contributed by atoms with Gasteiger partial charge in [-0.05, 0) is 23.6 Å². The molecule has 2 rings (SSSR count). The summed E-state index contributed by atoms with van der Waals surface area (Å²) in [6, 6.07) is 7.59. The first-order valence-electron chi connectivity index (χ1n) is 6.18. The van der Waals surface area contributed by atoms with Gasteiger partial charge in [-0.25, -0.2) is 8.42 Å². The Bertz CT molecular complexity index is 677. The Labute approximate surface area is 117 Å². The highest BCUT2D eigenvalue weighted by molar-refractivity contribution is 7.89. The quantitative estimate of drug-likeness (QED) is 0.840. The summed E-state index contributed by atoms with van der Waals surface area (Å²) in [6.45, 7) is 2.03. The molecule has 1 heterocycles. The maximum Gasteiger partial charge on any atom is 0.227 e. The van der Waals surface area contributed by atoms with E-state index in [2.05, 4.69) is 10.1 Å². The molecule has 108 valence electrons. The van der Waals surface area contributed by atoms with Gasteiger partial charge in [0.2, 0.25) is 5.89 Å². The summed E-state index contributed by atoms with van der Waals surface area (Å²) >= 11 is 0. The van der Waals surface area contributed by atoms with Crippen molar-refractivity contribution in [1.29, 1.82) is 0 Å². The van der Waals surface area contributed by atoms with Crippen LogP contribution >= 0.6 is 0 Å². The molecule has 1 aromatic carbocycles. The summed E-state index contributed by atoms with van der Waals surface area (Å²) in [4.78, 5) is 4.10. The van der Waals surface area contributed by atoms with Gasteiger partial charge >= 0.3 is 0 Å². The van der Waals surface area contributed by atoms with Crippen molar-refractivity contribution >= 4 is 15.5 Å². The normalized spacial score (nSPS) is 13.3. The van der Waals surface area contributed by atoms with Crippen molar-refractivity contribution < 1.29 is 12.9 Å². The third kappa shape index (κ3) is 4.06. The van der Waals surface area contributed by atoms with Gasteiger partial charge in [-0.2, -0.15) is 4.98 Å². The van der Waals surface area contributed by atoms with Crippen molar-refractivity contribution in [3.8, 4) is 0 Å². The third-order valence-electron chi connectivity index (χ3n) is 2.89. The number of hydrogen-bond acceptors (Lipinski definition) is 6. The first kappa shape index (κ1) is 14.5. The first-order valence-corrected chi connectivity index (χ1v) is 8.24. The van der Waals surface area contributed by atoms with Crippen molar-refractivity contribution in [3.63, 3.8) is 0 Å². The zero-order valence-corrected chi connectivity index (χ0v) is 12.2. The van der Waals surface area contributed by atoms with E-state index in [1.807, 2.05) is 31.2 Å². The molecule has 0 fully saturated rings. The highest BCUT2D eigenvalue weighted by atomic mass is 32.2. The standard InChI is InChI=1S/C13H17N3O3S/c1-9(10-3-5-11(14)6-4-10)7-13-15-12(16-19-13)8-20(2,17)18/h3-6,9H,7-8,14H2,1-2H3. The smallest absolute Gasteiger partial charge is 0.227 e. The number of nitrogens with zero attached hydrogens (tertiary/aromatic N) is 2. The minimum Gasteiger partial charge on any atom is -0.399 e. The first-order chi connectivity index (χ1) is 9.33. The van der Waals surface area contributed by atoms with Crippen LogP contribution in [-0.4, -0.2) is 24.8 Å². The van der Waals surface area contributed by atoms with Crippen molar-refractivity contribution in [2.24, 2.45) is 0 Å². The van der Waals surface area contributed by atoms with Gasteiger partial charge in [0.05, 0.1) is 0 Å². The van der Waals surface area contributed by atoms with Gasteiger partial charge in [-0.15, -0.1) is 0 Å². The number of rotatable bonds is 5. The second-order valence-corrected chi connectivity index (χ2v) is 7.09. The number of nitrogens with two attached hydrogens (primary N) is 1. The number of sulfone groups is 1. The Morgan fingerprint density at radius 2 is 1.95 bits per heavy atom. The fraction of sp³-hybridized carbons (Fsp3) is 0.385. The molecule has 0 aliphatic heterocycles. The van der Waals surface area contributed by atoms with Gasteiger partial charge in [0, 0.05) is 18.4 Å². The van der Waals surface area contributed by atoms with E-state index in [-0.39, 0.29) is 17.5 Å². The van der Waals surface area contributed by atoms with Crippen LogP contribution in [0.4, 0.5) is 5.69 Å². The average molecular weight is 295 g/mol. The molecule has 2 aromatic rings. The highest BCUT2D eigenvalue weighted by Gasteiger charge is 2.15. The minimum atomic E-state index is -3.15. The number of nitrogen functional groups attached to an aromatic ring is 1. The van der Waals surface area contributed by atoms with Crippen molar-refractivity contribution in [2.45, 2.75) is 25.0 Å². The summed E-state index contributed by atoms with van der Waals surface area (Å²) in [6.07, 6.45) is 1.70. The predicted molar refractivity (Wildman–Crippen MR) is 75.8 cm³/mol. The Morgan fingerprint density at radius 1 is 1.30 bits per heavy atom. The lowest BCUT2D eigenvalue weighted by Gasteiger charge is -2.08. The van der Waals surface area contributed by atoms with E-state index >= 15 is 0 Å². The van der Waals surface area contributed by atoms with E-state index < -0.39 is 9.84 Å². The topological polar surface area (TPSA) is 99.1 Å². The van der Waals surface area contributed by atoms with Gasteiger partial charge in [-0.3, -0.25) is 0 Å². The van der Waals surface area contributed by atoms with Crippen LogP contribution in [0.15, 0.2) is 28.8 Å². The van der Waals surface area contributed by atoms with Crippen LogP contribution in [-0.2, 0) is 22.0 Å². The SMILES string of the molecule is CC(Cc1nc(CS(C)(=O)=O)no1)c1ccc(N)cc1. The van der Waals surface area contributed by atoms with Gasteiger partial charge < -0.3 is 10.3 Å². The third-order valence-corrected chi connectivity index (χ3v) is 3.67. The lowest BCUT2D eigenvalue weighted by Crippen LogP contribution is -2.03. The van der Waals surface area contributed by atoms with Gasteiger partial charge in [0.1, 0.15) is 5.75 Å². The molecule has 1 unspecified atom stereocenters. The summed E-state index contributed by atoms with van der Waals surface area (Å²) in [5, 5.41) is 3.68. The Morgan fingerprint density at radius 3 is 2.55 bits per heavy atom. The molecule has 0 bridgehead atoms. The molecular weight excluding hydrogens is 278 g/mol. The molecule has 6 nitrogen and oxygen atoms in total. The Kier molecular flexibility index (Phi) is 4.08. The van der Waals surface area contributed by atoms with E-state index in [4.69, 9.17) is 10.3 Å². The maximum atomic E-state index is 11.2. The molecule has 0 saturated carbocycles. The minimum absolute atomic E-state index is 0.183. The van der Waals surface area contributed by atoms with E-state index in [9.17, 15) is 8.42 Å². The van der Waals surface area contributed by atoms with Crippen LogP contribution in [0.3, 0.4) is 0 Å². The molecule has 0 aliphatic rings. The fourth-order valence-corrected chi connectivity index (χ4v) is 2.46. The Balaban J connectivity index is 2.05. The molecule has 0 amide bonds. The summed E-state index contributed by atoms with van der Waals surface area (Å²) in [5.74, 6) is 0.620. The van der Waals surface area contributed by atoms with Crippen molar-refractivity contribution in [2.75, 3.05) is 12.0 Å². The molecule has 1 aromatic heterocycles. The van der Waals surface area contributed by atoms with Crippen LogP contribution in [0, 0.1) is 0 Å². The van der Waals surface area contributed by atoms with E-state index in [1.54, 1.807) is 0 Å². The van der Waals surface area contributed by atoms with Crippen molar-refractivity contribution in [1.82, 2.24) is 10.1 Å². The van der Waals surface area contributed by atoms with Crippen LogP contribution in [0.1, 0.15) is 30.1 Å². The summed E-state index contributed by atoms with van der Waals surface area (Å²) in [7, 11) is -3.15. The zero-order chi connectivity index (χ0) is 14.8. The lowest BCUT2D eigenvalue weighted by molar-refractivity contribution is 0.367. The van der Waals surface area contributed by atoms with Crippen LogP contribution in [0.2, 0.25) is 0 Å². The predicted octanol–water partition coefficient (Wildman–Crippen LogP) is 1.54. The molecule has 20 heavy (non-hydrogen) atoms. The van der Waals surface area contributed by atoms with Crippen LogP contribution in [0.5, 0.6) is 0 Å². The highest BCUT2D eigenvalue weighted by Crippen LogP contribution is 2.20. The number of hydrogen-bond donors (Lipinski definition) is 1. The van der Waals surface area contributed by atoms with E-state index in [0.29, 0.717) is 18.0 Å². The monoisotopic (exact) mass is 295 g/mol. The second kappa shape index (κ2) is 5.62. The molecule has 0 saturated heterocycles. The number of benzene rings is 1. The van der Waals surface area contributed by atoms with Gasteiger partial charge in [0.15, 0.2) is 15.7 Å². The van der Waals surface area contributed by atoms with E-state index in [0.717, 1.165) is 11.8 Å². The van der Waals surface area contributed by atoms with Gasteiger partial charge in [-0.1, -0.05) is 24.2 Å². The summed E-state index contributed by atoms with van der Waals surface area (Å²) < 4.78 is 27.4. The fourth-order valence-electron chi connectivity index (χ4n) is 1.87. The van der Waals surface area contributed by atoms with Crippen molar-refractivity contribution in [3.05, 3.63) is 41.5 Å². The van der Waals surface area contributed by atoms with Gasteiger partial charge in [0.25, 0.3) is 0 Å². The van der Waals surface area contributed by atoms with E-state index in [1.165, 1.54) is 0 Å². The second-order valence-electron chi connectivity index (χ2n) is 4.95. The molecule has 0 spiro atoms. The number of anilines is 1. The molecule has 1 atom stereocenters. The molecular formula is C13H17N3O3S. The number of aromatic nitrogens is 2. The zero-order valence-electron chi connectivity index (χ0n) is 11.4. The molecule has 0 radical (unpaired) electrons. The maximum absolute atomic E-state index is 11.2.